The predicted octanol–water partition coefficient (Wildman–Crippen LogP) is 4.46. The van der Waals surface area contributed by atoms with Crippen LogP contribution >= 0.6 is 27.5 Å². The van der Waals surface area contributed by atoms with Gasteiger partial charge >= 0.3 is 0 Å². The van der Waals surface area contributed by atoms with Crippen molar-refractivity contribution < 1.29 is 4.39 Å². The Balaban J connectivity index is 2.27. The molecule has 0 heterocycles. The average Bonchev–Trinajstić information content (AvgIpc) is 2.36. The summed E-state index contributed by atoms with van der Waals surface area (Å²) in [5.41, 5.74) is 7.90. The Bertz CT molecular complexity index is 604. The molecule has 100 valence electrons. The number of anilines is 2. The Kier molecular flexibility index (Phi) is 4.32. The third kappa shape index (κ3) is 3.39. The maximum absolute atomic E-state index is 13.7. The standard InChI is InChI=1S/C14H13BrClFN2/c1-19(14-7-11(16)3-5-13(14)18)8-9-6-10(15)2-4-12(9)17/h2-7H,8,18H2,1H3. The van der Waals surface area contributed by atoms with Crippen molar-refractivity contribution in [3.63, 3.8) is 0 Å². The van der Waals surface area contributed by atoms with Crippen LogP contribution in [-0.2, 0) is 6.54 Å². The first kappa shape index (κ1) is 14.2. The molecule has 5 heteroatoms. The van der Waals surface area contributed by atoms with Gasteiger partial charge in [-0.2, -0.15) is 0 Å². The summed E-state index contributed by atoms with van der Waals surface area (Å²) >= 11 is 9.29. The van der Waals surface area contributed by atoms with E-state index in [4.69, 9.17) is 17.3 Å². The Morgan fingerprint density at radius 3 is 2.74 bits per heavy atom. The van der Waals surface area contributed by atoms with Gasteiger partial charge in [0.05, 0.1) is 11.4 Å². The number of halogens is 3. The van der Waals surface area contributed by atoms with Crippen LogP contribution in [0.3, 0.4) is 0 Å². The van der Waals surface area contributed by atoms with Crippen LogP contribution in [-0.4, -0.2) is 7.05 Å². The molecule has 0 aliphatic heterocycles. The highest BCUT2D eigenvalue weighted by atomic mass is 79.9. The summed E-state index contributed by atoms with van der Waals surface area (Å²) < 4.78 is 14.6. The molecule has 2 aromatic carbocycles. The summed E-state index contributed by atoms with van der Waals surface area (Å²) in [6.07, 6.45) is 0. The molecule has 2 N–H and O–H groups in total. The topological polar surface area (TPSA) is 29.3 Å². The Labute approximate surface area is 125 Å². The number of rotatable bonds is 3. The summed E-state index contributed by atoms with van der Waals surface area (Å²) in [5.74, 6) is -0.240. The van der Waals surface area contributed by atoms with Gasteiger partial charge in [-0.15, -0.1) is 0 Å². The van der Waals surface area contributed by atoms with Crippen LogP contribution in [0.15, 0.2) is 40.9 Å². The number of nitrogens with zero attached hydrogens (tertiary/aromatic N) is 1. The average molecular weight is 344 g/mol. The first-order chi connectivity index (χ1) is 8.97. The fourth-order valence-electron chi connectivity index (χ4n) is 1.85. The van der Waals surface area contributed by atoms with E-state index in [2.05, 4.69) is 15.9 Å². The Morgan fingerprint density at radius 1 is 1.26 bits per heavy atom. The monoisotopic (exact) mass is 342 g/mol. The van der Waals surface area contributed by atoms with Crippen LogP contribution in [0, 0.1) is 5.82 Å². The van der Waals surface area contributed by atoms with Crippen LogP contribution < -0.4 is 10.6 Å². The number of hydrogen-bond acceptors (Lipinski definition) is 2. The fraction of sp³-hybridized carbons (Fsp3) is 0.143. The summed E-state index contributed by atoms with van der Waals surface area (Å²) in [4.78, 5) is 1.87. The summed E-state index contributed by atoms with van der Waals surface area (Å²) in [6.45, 7) is 0.413. The first-order valence-corrected chi connectivity index (χ1v) is 6.84. The predicted molar refractivity (Wildman–Crippen MR) is 82.1 cm³/mol. The van der Waals surface area contributed by atoms with Crippen LogP contribution in [0.1, 0.15) is 5.56 Å². The lowest BCUT2D eigenvalue weighted by atomic mass is 10.2. The molecule has 0 bridgehead atoms. The maximum Gasteiger partial charge on any atom is 0.128 e. The molecular weight excluding hydrogens is 331 g/mol. The normalized spacial score (nSPS) is 10.5. The van der Waals surface area contributed by atoms with Crippen LogP contribution in [0.25, 0.3) is 0 Å². The highest BCUT2D eigenvalue weighted by Crippen LogP contribution is 2.28. The highest BCUT2D eigenvalue weighted by molar-refractivity contribution is 9.10. The zero-order valence-electron chi connectivity index (χ0n) is 10.3. The molecule has 0 unspecified atom stereocenters. The SMILES string of the molecule is CN(Cc1cc(Br)ccc1F)c1cc(Cl)ccc1N. The van der Waals surface area contributed by atoms with Crippen molar-refractivity contribution in [1.29, 1.82) is 0 Å². The minimum absolute atomic E-state index is 0.240. The van der Waals surface area contributed by atoms with Gasteiger partial charge in [0.25, 0.3) is 0 Å². The van der Waals surface area contributed by atoms with E-state index in [0.29, 0.717) is 22.8 Å². The molecule has 0 aromatic heterocycles. The molecule has 0 radical (unpaired) electrons. The summed E-state index contributed by atoms with van der Waals surface area (Å²) in [5, 5.41) is 0.603. The number of benzene rings is 2. The van der Waals surface area contributed by atoms with Gasteiger partial charge in [0.1, 0.15) is 5.82 Å². The van der Waals surface area contributed by atoms with Gasteiger partial charge in [0, 0.05) is 28.7 Å². The lowest BCUT2D eigenvalue weighted by Gasteiger charge is -2.21. The van der Waals surface area contributed by atoms with E-state index in [1.54, 1.807) is 30.3 Å². The maximum atomic E-state index is 13.7. The van der Waals surface area contributed by atoms with E-state index in [1.165, 1.54) is 6.07 Å². The quantitative estimate of drug-likeness (QED) is 0.834. The van der Waals surface area contributed by atoms with Gasteiger partial charge in [-0.3, -0.25) is 0 Å². The van der Waals surface area contributed by atoms with Gasteiger partial charge in [0.2, 0.25) is 0 Å². The van der Waals surface area contributed by atoms with Crippen molar-refractivity contribution in [3.05, 3.63) is 57.3 Å². The highest BCUT2D eigenvalue weighted by Gasteiger charge is 2.10. The van der Waals surface area contributed by atoms with Gasteiger partial charge in [-0.05, 0) is 36.4 Å². The third-order valence-electron chi connectivity index (χ3n) is 2.82. The summed E-state index contributed by atoms with van der Waals surface area (Å²) in [7, 11) is 1.85. The minimum atomic E-state index is -0.240. The number of nitrogens with two attached hydrogens (primary N) is 1. The molecule has 0 spiro atoms. The second-order valence-corrected chi connectivity index (χ2v) is 5.65. The van der Waals surface area contributed by atoms with Gasteiger partial charge < -0.3 is 10.6 Å². The van der Waals surface area contributed by atoms with Gasteiger partial charge in [-0.1, -0.05) is 27.5 Å². The summed E-state index contributed by atoms with van der Waals surface area (Å²) in [6, 6.07) is 10.1. The minimum Gasteiger partial charge on any atom is -0.397 e. The molecule has 19 heavy (non-hydrogen) atoms. The van der Waals surface area contributed by atoms with Crippen molar-refractivity contribution in [2.45, 2.75) is 6.54 Å². The lowest BCUT2D eigenvalue weighted by Crippen LogP contribution is -2.18. The fourth-order valence-corrected chi connectivity index (χ4v) is 2.43. The molecule has 2 aromatic rings. The molecule has 0 saturated heterocycles. The van der Waals surface area contributed by atoms with E-state index < -0.39 is 0 Å². The van der Waals surface area contributed by atoms with Crippen LogP contribution in [0.5, 0.6) is 0 Å². The molecule has 0 amide bonds. The third-order valence-corrected chi connectivity index (χ3v) is 3.55. The molecule has 2 nitrogen and oxygen atoms in total. The Hall–Kier alpha value is -1.26. The number of nitrogen functional groups attached to an aromatic ring is 1. The van der Waals surface area contributed by atoms with Crippen LogP contribution in [0.2, 0.25) is 5.02 Å². The van der Waals surface area contributed by atoms with Crippen LogP contribution in [0.4, 0.5) is 15.8 Å². The second kappa shape index (κ2) is 5.80. The van der Waals surface area contributed by atoms with E-state index in [-0.39, 0.29) is 5.82 Å². The zero-order valence-corrected chi connectivity index (χ0v) is 12.7. The van der Waals surface area contributed by atoms with E-state index >= 15 is 0 Å². The van der Waals surface area contributed by atoms with Crippen molar-refractivity contribution in [1.82, 2.24) is 0 Å². The van der Waals surface area contributed by atoms with Gasteiger partial charge in [-0.25, -0.2) is 4.39 Å². The van der Waals surface area contributed by atoms with E-state index in [9.17, 15) is 4.39 Å². The van der Waals surface area contributed by atoms with Gasteiger partial charge in [0.15, 0.2) is 0 Å². The molecule has 2 rings (SSSR count). The first-order valence-electron chi connectivity index (χ1n) is 5.67. The number of hydrogen-bond donors (Lipinski definition) is 1. The largest absolute Gasteiger partial charge is 0.397 e. The van der Waals surface area contributed by atoms with Crippen molar-refractivity contribution in [2.24, 2.45) is 0 Å². The zero-order chi connectivity index (χ0) is 14.0. The van der Waals surface area contributed by atoms with Crippen molar-refractivity contribution in [2.75, 3.05) is 17.7 Å². The van der Waals surface area contributed by atoms with E-state index in [1.807, 2.05) is 11.9 Å². The second-order valence-electron chi connectivity index (χ2n) is 4.29. The van der Waals surface area contributed by atoms with Crippen molar-refractivity contribution >= 4 is 38.9 Å². The molecule has 0 aliphatic rings. The lowest BCUT2D eigenvalue weighted by molar-refractivity contribution is 0.607. The molecule has 0 fully saturated rings. The van der Waals surface area contributed by atoms with Crippen molar-refractivity contribution in [3.8, 4) is 0 Å². The smallest absolute Gasteiger partial charge is 0.128 e. The van der Waals surface area contributed by atoms with E-state index in [0.717, 1.165) is 10.2 Å². The molecular formula is C14H13BrClFN2. The molecule has 0 saturated carbocycles. The molecule has 0 aliphatic carbocycles. The molecule has 0 atom stereocenters. The Morgan fingerprint density at radius 2 is 2.00 bits per heavy atom.